The first kappa shape index (κ1) is 22.8. The fourth-order valence-corrected chi connectivity index (χ4v) is 0.530. The summed E-state index contributed by atoms with van der Waals surface area (Å²) in [6.45, 7) is 4.06. The molecule has 0 nitrogen and oxygen atoms in total. The molecule has 0 aliphatic heterocycles. The molecule has 0 aromatic heterocycles. The van der Waals surface area contributed by atoms with Crippen LogP contribution in [0.5, 0.6) is 0 Å². The van der Waals surface area contributed by atoms with Gasteiger partial charge >= 0.3 is 0 Å². The molecule has 0 aliphatic carbocycles. The van der Waals surface area contributed by atoms with Crippen LogP contribution in [0.25, 0.3) is 0 Å². The zero-order valence-electron chi connectivity index (χ0n) is 5.02. The summed E-state index contributed by atoms with van der Waals surface area (Å²) in [4.78, 5) is 0. The van der Waals surface area contributed by atoms with E-state index in [2.05, 4.69) is 18.0 Å². The summed E-state index contributed by atoms with van der Waals surface area (Å²) < 4.78 is 0. The van der Waals surface area contributed by atoms with Crippen molar-refractivity contribution in [2.45, 2.75) is 13.5 Å². The Labute approximate surface area is 85.0 Å². The Balaban J connectivity index is -0.0000000267. The normalized spacial score (nSPS) is 4.75. The predicted octanol–water partition coefficient (Wildman–Crippen LogP) is 1.03. The molecule has 8 heavy (non-hydrogen) atoms. The van der Waals surface area contributed by atoms with Crippen molar-refractivity contribution >= 4 is 34.3 Å². The molecule has 0 saturated carbocycles. The maximum Gasteiger partial charge on any atom is 0.103 e. The maximum atomic E-state index is 3.00. The average molecular weight is 248 g/mol. The van der Waals surface area contributed by atoms with Gasteiger partial charge in [-0.25, -0.2) is 0 Å². The van der Waals surface area contributed by atoms with Crippen LogP contribution in [0.1, 0.15) is 6.92 Å². The predicted molar refractivity (Wildman–Crippen MR) is 42.4 cm³/mol. The van der Waals surface area contributed by atoms with Gasteiger partial charge in [0.1, 0.15) is 9.52 Å². The first-order valence-electron chi connectivity index (χ1n) is 1.81. The summed E-state index contributed by atoms with van der Waals surface area (Å²) in [5, 5.41) is 0. The molecular formula is C4H10Cl2SiZr. The van der Waals surface area contributed by atoms with Crippen LogP contribution in [-0.4, -0.2) is 9.52 Å². The standard InChI is InChI=1S/C4H8Si.2ClH.Zr/c1-3-4-5-2;;;/h5H2,1-2H3;2*1H;. The third-order valence-corrected chi connectivity index (χ3v) is 1.06. The van der Waals surface area contributed by atoms with Gasteiger partial charge in [-0.3, -0.25) is 0 Å². The monoisotopic (exact) mass is 246 g/mol. The molecular weight excluding hydrogens is 238 g/mol. The van der Waals surface area contributed by atoms with Crippen molar-refractivity contribution in [2.24, 2.45) is 0 Å². The molecule has 0 bridgehead atoms. The minimum atomic E-state index is 0. The fourth-order valence-electron chi connectivity index (χ4n) is 0.177. The molecule has 4 heteroatoms. The summed E-state index contributed by atoms with van der Waals surface area (Å²) in [5.41, 5.74) is 3.00. The summed E-state index contributed by atoms with van der Waals surface area (Å²) in [5.74, 6) is 2.83. The molecule has 0 spiro atoms. The SMILES string of the molecule is CC#C[SiH2]C.Cl.Cl.[Zr]. The van der Waals surface area contributed by atoms with E-state index in [-0.39, 0.29) is 60.5 Å². The van der Waals surface area contributed by atoms with E-state index in [9.17, 15) is 0 Å². The van der Waals surface area contributed by atoms with Gasteiger partial charge in [-0.2, -0.15) is 0 Å². The molecule has 0 radical (unpaired) electrons. The van der Waals surface area contributed by atoms with Crippen LogP contribution in [0.3, 0.4) is 0 Å². The van der Waals surface area contributed by atoms with Crippen LogP contribution in [0.2, 0.25) is 6.55 Å². The summed E-state index contributed by atoms with van der Waals surface area (Å²) in [6, 6.07) is 0. The minimum Gasteiger partial charge on any atom is -0.147 e. The first-order valence-corrected chi connectivity index (χ1v) is 3.93. The van der Waals surface area contributed by atoms with Crippen LogP contribution < -0.4 is 0 Å². The molecule has 0 unspecified atom stereocenters. The zero-order valence-corrected chi connectivity index (χ0v) is 10.5. The van der Waals surface area contributed by atoms with Gasteiger partial charge in [-0.1, -0.05) is 6.55 Å². The average Bonchev–Trinajstić information content (AvgIpc) is 1.41. The molecule has 0 saturated heterocycles. The van der Waals surface area contributed by atoms with Gasteiger partial charge in [0.05, 0.1) is 0 Å². The molecule has 0 rings (SSSR count). The van der Waals surface area contributed by atoms with Crippen LogP contribution >= 0.6 is 24.8 Å². The molecule has 0 heterocycles. The second-order valence-electron chi connectivity index (χ2n) is 0.780. The number of rotatable bonds is 0. The van der Waals surface area contributed by atoms with E-state index >= 15 is 0 Å². The van der Waals surface area contributed by atoms with Crippen molar-refractivity contribution in [1.29, 1.82) is 0 Å². The summed E-state index contributed by atoms with van der Waals surface area (Å²) in [6.07, 6.45) is 0. The molecule has 0 aromatic rings. The van der Waals surface area contributed by atoms with E-state index in [1.54, 1.807) is 0 Å². The minimum absolute atomic E-state index is 0. The van der Waals surface area contributed by atoms with Gasteiger partial charge in [0.15, 0.2) is 0 Å². The van der Waals surface area contributed by atoms with E-state index in [1.165, 1.54) is 0 Å². The van der Waals surface area contributed by atoms with E-state index in [0.29, 0.717) is 0 Å². The first-order chi connectivity index (χ1) is 2.41. The van der Waals surface area contributed by atoms with E-state index < -0.39 is 0 Å². The van der Waals surface area contributed by atoms with Crippen LogP contribution in [0.15, 0.2) is 0 Å². The third-order valence-electron chi connectivity index (χ3n) is 0.354. The Hall–Kier alpha value is 1.24. The van der Waals surface area contributed by atoms with Gasteiger partial charge in [-0.05, 0) is 6.92 Å². The Morgan fingerprint density at radius 2 is 1.62 bits per heavy atom. The van der Waals surface area contributed by atoms with Crippen molar-refractivity contribution < 1.29 is 26.2 Å². The quantitative estimate of drug-likeness (QED) is 0.444. The number of halogens is 2. The fraction of sp³-hybridized carbons (Fsp3) is 0.500. The third kappa shape index (κ3) is 26.9. The number of hydrogen-bond donors (Lipinski definition) is 0. The van der Waals surface area contributed by atoms with Crippen molar-refractivity contribution in [3.63, 3.8) is 0 Å². The second kappa shape index (κ2) is 24.0. The smallest absolute Gasteiger partial charge is 0.103 e. The Morgan fingerprint density at radius 3 is 1.62 bits per heavy atom. The van der Waals surface area contributed by atoms with E-state index in [0.717, 1.165) is 0 Å². The van der Waals surface area contributed by atoms with Crippen molar-refractivity contribution in [1.82, 2.24) is 0 Å². The van der Waals surface area contributed by atoms with E-state index in [4.69, 9.17) is 0 Å². The van der Waals surface area contributed by atoms with Gasteiger partial charge in [0.2, 0.25) is 0 Å². The summed E-state index contributed by atoms with van der Waals surface area (Å²) in [7, 11) is 0.0529. The van der Waals surface area contributed by atoms with Crippen LogP contribution in [0, 0.1) is 11.5 Å². The molecule has 0 aliphatic rings. The molecule has 0 aromatic carbocycles. The van der Waals surface area contributed by atoms with Crippen LogP contribution in [0.4, 0.5) is 0 Å². The molecule has 0 atom stereocenters. The maximum absolute atomic E-state index is 3.00. The molecule has 0 fully saturated rings. The van der Waals surface area contributed by atoms with E-state index in [1.807, 2.05) is 6.92 Å². The van der Waals surface area contributed by atoms with Gasteiger partial charge in [0, 0.05) is 26.2 Å². The van der Waals surface area contributed by atoms with Gasteiger partial charge < -0.3 is 0 Å². The molecule has 48 valence electrons. The Kier molecular flexibility index (Phi) is 68.6. The van der Waals surface area contributed by atoms with Gasteiger partial charge in [0.25, 0.3) is 0 Å². The topological polar surface area (TPSA) is 0 Å². The molecule has 0 N–H and O–H groups in total. The Bertz CT molecular complexity index is 66.2. The second-order valence-corrected chi connectivity index (χ2v) is 1.84. The zero-order chi connectivity index (χ0) is 4.12. The van der Waals surface area contributed by atoms with Crippen molar-refractivity contribution in [2.75, 3.05) is 0 Å². The molecule has 0 amide bonds. The van der Waals surface area contributed by atoms with Crippen molar-refractivity contribution in [3.05, 3.63) is 0 Å². The Morgan fingerprint density at radius 1 is 1.25 bits per heavy atom. The largest absolute Gasteiger partial charge is 0.147 e. The van der Waals surface area contributed by atoms with Gasteiger partial charge in [-0.15, -0.1) is 36.3 Å². The van der Waals surface area contributed by atoms with Crippen molar-refractivity contribution in [3.8, 4) is 11.5 Å². The number of hydrogen-bond acceptors (Lipinski definition) is 0. The van der Waals surface area contributed by atoms with Crippen LogP contribution in [-0.2, 0) is 26.2 Å². The summed E-state index contributed by atoms with van der Waals surface area (Å²) >= 11 is 0.